The van der Waals surface area contributed by atoms with Gasteiger partial charge in [-0.3, -0.25) is 10.1 Å². The Bertz CT molecular complexity index is 959. The first-order valence-electron chi connectivity index (χ1n) is 7.09. The van der Waals surface area contributed by atoms with Gasteiger partial charge in [-0.25, -0.2) is 0 Å². The second-order valence-corrected chi connectivity index (χ2v) is 5.81. The molecule has 2 aromatic carbocycles. The predicted octanol–water partition coefficient (Wildman–Crippen LogP) is 4.81. The van der Waals surface area contributed by atoms with Gasteiger partial charge in [0, 0.05) is 5.56 Å². The van der Waals surface area contributed by atoms with E-state index in [0.29, 0.717) is 11.1 Å². The van der Waals surface area contributed by atoms with E-state index in [1.807, 2.05) is 41.8 Å². The molecule has 0 saturated carbocycles. The molecule has 4 rings (SSSR count). The molecule has 4 aromatic rings. The molecule has 2 aromatic heterocycles. The van der Waals surface area contributed by atoms with Crippen molar-refractivity contribution in [3.8, 4) is 11.1 Å². The number of amides is 1. The Balaban J connectivity index is 1.63. The summed E-state index contributed by atoms with van der Waals surface area (Å²) in [4.78, 5) is 16.5. The average molecular weight is 320 g/mol. The number of hydrogen-bond acceptors (Lipinski definition) is 4. The third-order valence-electron chi connectivity index (χ3n) is 3.50. The molecular formula is C18H12N2O2S. The van der Waals surface area contributed by atoms with Gasteiger partial charge in [-0.15, -0.1) is 0 Å². The maximum absolute atomic E-state index is 12.1. The Hall–Kier alpha value is -2.92. The number of aromatic nitrogens is 1. The highest BCUT2D eigenvalue weighted by molar-refractivity contribution is 7.08. The maximum Gasteiger partial charge on any atom is 0.302 e. The molecule has 0 saturated heterocycles. The molecular weight excluding hydrogens is 308 g/mol. The lowest BCUT2D eigenvalue weighted by molar-refractivity contribution is 0.102. The molecule has 1 N–H and O–H groups in total. The van der Waals surface area contributed by atoms with E-state index in [1.165, 1.54) is 0 Å². The largest absolute Gasteiger partial charge is 0.423 e. The zero-order valence-electron chi connectivity index (χ0n) is 12.0. The molecule has 0 aliphatic carbocycles. The molecule has 0 radical (unpaired) electrons. The van der Waals surface area contributed by atoms with E-state index in [1.54, 1.807) is 23.5 Å². The fourth-order valence-corrected chi connectivity index (χ4v) is 3.01. The van der Waals surface area contributed by atoms with Crippen LogP contribution in [0.4, 0.5) is 6.01 Å². The van der Waals surface area contributed by atoms with Crippen molar-refractivity contribution in [2.75, 3.05) is 5.32 Å². The number of anilines is 1. The van der Waals surface area contributed by atoms with Gasteiger partial charge < -0.3 is 4.42 Å². The zero-order chi connectivity index (χ0) is 15.6. The molecule has 0 aliphatic rings. The molecule has 112 valence electrons. The minimum atomic E-state index is -0.241. The van der Waals surface area contributed by atoms with Gasteiger partial charge in [0.1, 0.15) is 5.52 Å². The van der Waals surface area contributed by atoms with Crippen molar-refractivity contribution in [1.29, 1.82) is 0 Å². The SMILES string of the molecule is O=C(Nc1nc2cc(-c3ccsc3)ccc2o1)c1ccccc1. The number of carbonyl (C=O) groups excluding carboxylic acids is 1. The van der Waals surface area contributed by atoms with Gasteiger partial charge in [-0.05, 0) is 52.2 Å². The highest BCUT2D eigenvalue weighted by Crippen LogP contribution is 2.27. The normalized spacial score (nSPS) is 10.8. The fourth-order valence-electron chi connectivity index (χ4n) is 2.35. The fraction of sp³-hybridized carbons (Fsp3) is 0. The summed E-state index contributed by atoms with van der Waals surface area (Å²) in [7, 11) is 0. The zero-order valence-corrected chi connectivity index (χ0v) is 12.8. The van der Waals surface area contributed by atoms with E-state index in [9.17, 15) is 4.79 Å². The molecule has 23 heavy (non-hydrogen) atoms. The van der Waals surface area contributed by atoms with Crippen LogP contribution in [-0.2, 0) is 0 Å². The topological polar surface area (TPSA) is 55.1 Å². The minimum absolute atomic E-state index is 0.205. The lowest BCUT2D eigenvalue weighted by Crippen LogP contribution is -2.11. The third-order valence-corrected chi connectivity index (χ3v) is 4.18. The summed E-state index contributed by atoms with van der Waals surface area (Å²) in [6, 6.07) is 17.1. The van der Waals surface area contributed by atoms with Crippen molar-refractivity contribution in [3.05, 3.63) is 70.9 Å². The molecule has 0 unspecified atom stereocenters. The van der Waals surface area contributed by atoms with E-state index < -0.39 is 0 Å². The summed E-state index contributed by atoms with van der Waals surface area (Å²) in [5.41, 5.74) is 4.15. The standard InChI is InChI=1S/C18H12N2O2S/c21-17(12-4-2-1-3-5-12)20-18-19-15-10-13(6-7-16(15)22-18)14-8-9-23-11-14/h1-11H,(H,19,20,21). The molecule has 2 heterocycles. The van der Waals surface area contributed by atoms with Crippen molar-refractivity contribution < 1.29 is 9.21 Å². The summed E-state index contributed by atoms with van der Waals surface area (Å²) in [5, 5.41) is 6.81. The molecule has 5 heteroatoms. The molecule has 0 atom stereocenters. The quantitative estimate of drug-likeness (QED) is 0.589. The van der Waals surface area contributed by atoms with Crippen LogP contribution in [0.3, 0.4) is 0 Å². The number of hydrogen-bond donors (Lipinski definition) is 1. The maximum atomic E-state index is 12.1. The van der Waals surface area contributed by atoms with E-state index in [4.69, 9.17) is 4.42 Å². The van der Waals surface area contributed by atoms with Gasteiger partial charge in [-0.2, -0.15) is 16.3 Å². The minimum Gasteiger partial charge on any atom is -0.423 e. The Labute approximate surface area is 136 Å². The number of benzene rings is 2. The first-order chi connectivity index (χ1) is 11.3. The monoisotopic (exact) mass is 320 g/mol. The highest BCUT2D eigenvalue weighted by atomic mass is 32.1. The first kappa shape index (κ1) is 13.7. The highest BCUT2D eigenvalue weighted by Gasteiger charge is 2.11. The van der Waals surface area contributed by atoms with Gasteiger partial charge >= 0.3 is 6.01 Å². The number of fused-ring (bicyclic) bond motifs is 1. The summed E-state index contributed by atoms with van der Waals surface area (Å²) < 4.78 is 5.59. The van der Waals surface area contributed by atoms with Gasteiger partial charge in [0.25, 0.3) is 5.91 Å². The Morgan fingerprint density at radius 1 is 1.04 bits per heavy atom. The summed E-state index contributed by atoms with van der Waals surface area (Å²) in [6.45, 7) is 0. The number of nitrogens with one attached hydrogen (secondary N) is 1. The van der Waals surface area contributed by atoms with Gasteiger partial charge in [-0.1, -0.05) is 24.3 Å². The van der Waals surface area contributed by atoms with E-state index in [-0.39, 0.29) is 11.9 Å². The second kappa shape index (κ2) is 5.70. The number of thiophene rings is 1. The molecule has 0 bridgehead atoms. The van der Waals surface area contributed by atoms with Crippen molar-refractivity contribution in [1.82, 2.24) is 4.98 Å². The van der Waals surface area contributed by atoms with Crippen LogP contribution in [0, 0.1) is 0 Å². The van der Waals surface area contributed by atoms with E-state index in [2.05, 4.69) is 21.7 Å². The second-order valence-electron chi connectivity index (χ2n) is 5.03. The van der Waals surface area contributed by atoms with E-state index >= 15 is 0 Å². The van der Waals surface area contributed by atoms with Gasteiger partial charge in [0.15, 0.2) is 5.58 Å². The lowest BCUT2D eigenvalue weighted by Gasteiger charge is -1.99. The predicted molar refractivity (Wildman–Crippen MR) is 91.7 cm³/mol. The van der Waals surface area contributed by atoms with Crippen molar-refractivity contribution in [3.63, 3.8) is 0 Å². The van der Waals surface area contributed by atoms with Crippen molar-refractivity contribution in [2.24, 2.45) is 0 Å². The van der Waals surface area contributed by atoms with Crippen molar-refractivity contribution in [2.45, 2.75) is 0 Å². The third kappa shape index (κ3) is 2.74. The van der Waals surface area contributed by atoms with Gasteiger partial charge in [0.05, 0.1) is 0 Å². The summed E-state index contributed by atoms with van der Waals surface area (Å²) in [5.74, 6) is -0.241. The molecule has 4 nitrogen and oxygen atoms in total. The molecule has 0 aliphatic heterocycles. The Morgan fingerprint density at radius 2 is 1.91 bits per heavy atom. The summed E-state index contributed by atoms with van der Waals surface area (Å²) in [6.07, 6.45) is 0. The smallest absolute Gasteiger partial charge is 0.302 e. The lowest BCUT2D eigenvalue weighted by atomic mass is 10.1. The number of carbonyl (C=O) groups is 1. The van der Waals surface area contributed by atoms with Crippen LogP contribution in [0.25, 0.3) is 22.2 Å². The molecule has 0 fully saturated rings. The van der Waals surface area contributed by atoms with Crippen LogP contribution < -0.4 is 5.32 Å². The van der Waals surface area contributed by atoms with Crippen LogP contribution in [0.2, 0.25) is 0 Å². The molecule has 1 amide bonds. The van der Waals surface area contributed by atoms with Crippen molar-refractivity contribution >= 4 is 34.4 Å². The van der Waals surface area contributed by atoms with Gasteiger partial charge in [0.2, 0.25) is 0 Å². The van der Waals surface area contributed by atoms with Crippen LogP contribution in [0.15, 0.2) is 69.8 Å². The summed E-state index contributed by atoms with van der Waals surface area (Å²) >= 11 is 1.65. The number of oxazole rings is 1. The van der Waals surface area contributed by atoms with Crippen LogP contribution in [-0.4, -0.2) is 10.9 Å². The van der Waals surface area contributed by atoms with E-state index in [0.717, 1.165) is 16.6 Å². The Kier molecular flexibility index (Phi) is 3.40. The molecule has 0 spiro atoms. The first-order valence-corrected chi connectivity index (χ1v) is 8.03. The number of rotatable bonds is 3. The Morgan fingerprint density at radius 3 is 2.70 bits per heavy atom. The number of nitrogens with zero attached hydrogens (tertiary/aromatic N) is 1. The van der Waals surface area contributed by atoms with Crippen LogP contribution in [0.1, 0.15) is 10.4 Å². The van der Waals surface area contributed by atoms with Crippen LogP contribution in [0.5, 0.6) is 0 Å². The van der Waals surface area contributed by atoms with Crippen LogP contribution >= 0.6 is 11.3 Å². The average Bonchev–Trinajstić information content (AvgIpc) is 3.24.